The highest BCUT2D eigenvalue weighted by atomic mass is 35.5. The normalized spacial score (nSPS) is 11.9. The molecule has 0 saturated heterocycles. The van der Waals surface area contributed by atoms with Crippen LogP contribution >= 0.6 is 11.6 Å². The van der Waals surface area contributed by atoms with Crippen molar-refractivity contribution >= 4 is 17.3 Å². The van der Waals surface area contributed by atoms with Gasteiger partial charge in [0.1, 0.15) is 6.04 Å². The number of aromatic nitrogens is 2. The molecule has 0 spiro atoms. The lowest BCUT2D eigenvalue weighted by atomic mass is 10.1. The third-order valence-electron chi connectivity index (χ3n) is 2.65. The van der Waals surface area contributed by atoms with Gasteiger partial charge in [0, 0.05) is 29.5 Å². The van der Waals surface area contributed by atoms with E-state index in [4.69, 9.17) is 11.6 Å². The first-order chi connectivity index (χ1) is 8.60. The molecule has 0 aliphatic rings. The first-order valence-corrected chi connectivity index (χ1v) is 5.90. The summed E-state index contributed by atoms with van der Waals surface area (Å²) in [7, 11) is 1.84. The zero-order chi connectivity index (χ0) is 13.1. The van der Waals surface area contributed by atoms with Crippen molar-refractivity contribution in [3.8, 4) is 6.07 Å². The minimum Gasteiger partial charge on any atom is -0.366 e. The van der Waals surface area contributed by atoms with E-state index in [0.29, 0.717) is 5.02 Å². The first-order valence-electron chi connectivity index (χ1n) is 5.52. The number of benzene rings is 1. The van der Waals surface area contributed by atoms with Crippen LogP contribution in [-0.4, -0.2) is 9.78 Å². The van der Waals surface area contributed by atoms with Crippen LogP contribution in [0.25, 0.3) is 0 Å². The number of hydrogen-bond acceptors (Lipinski definition) is 3. The van der Waals surface area contributed by atoms with Gasteiger partial charge in [0.2, 0.25) is 0 Å². The van der Waals surface area contributed by atoms with Crippen molar-refractivity contribution in [2.45, 2.75) is 13.0 Å². The largest absolute Gasteiger partial charge is 0.366 e. The van der Waals surface area contributed by atoms with E-state index in [2.05, 4.69) is 16.5 Å². The van der Waals surface area contributed by atoms with Crippen molar-refractivity contribution in [1.29, 1.82) is 5.26 Å². The Morgan fingerprint density at radius 2 is 2.06 bits per heavy atom. The van der Waals surface area contributed by atoms with Gasteiger partial charge in [0.05, 0.1) is 11.8 Å². The maximum Gasteiger partial charge on any atom is 0.143 e. The number of nitrogens with zero attached hydrogens (tertiary/aromatic N) is 3. The lowest BCUT2D eigenvalue weighted by molar-refractivity contribution is 0.756. The molecule has 1 N–H and O–H groups in total. The van der Waals surface area contributed by atoms with Gasteiger partial charge >= 0.3 is 0 Å². The van der Waals surface area contributed by atoms with E-state index < -0.39 is 6.04 Å². The minimum absolute atomic E-state index is 0.417. The Labute approximate surface area is 111 Å². The molecule has 4 nitrogen and oxygen atoms in total. The second-order valence-electron chi connectivity index (χ2n) is 4.06. The standard InChI is InChI=1S/C13H13ClN4/c1-9-12(8-18(2)17-9)13(7-15)16-11-5-3-10(14)4-6-11/h3-6,8,13,16H,1-2H3. The Balaban J connectivity index is 2.23. The topological polar surface area (TPSA) is 53.6 Å². The fourth-order valence-electron chi connectivity index (χ4n) is 1.79. The lowest BCUT2D eigenvalue weighted by Crippen LogP contribution is -2.08. The molecule has 0 radical (unpaired) electrons. The van der Waals surface area contributed by atoms with Crippen LogP contribution in [0.1, 0.15) is 17.3 Å². The van der Waals surface area contributed by atoms with E-state index in [1.54, 1.807) is 16.8 Å². The molecule has 2 rings (SSSR count). The Kier molecular flexibility index (Phi) is 3.54. The minimum atomic E-state index is -0.417. The van der Waals surface area contributed by atoms with Crippen LogP contribution in [0.2, 0.25) is 5.02 Å². The zero-order valence-corrected chi connectivity index (χ0v) is 10.9. The molecule has 18 heavy (non-hydrogen) atoms. The van der Waals surface area contributed by atoms with Gasteiger partial charge < -0.3 is 5.32 Å². The predicted octanol–water partition coefficient (Wildman–Crippen LogP) is 3.06. The molecule has 0 amide bonds. The highest BCUT2D eigenvalue weighted by molar-refractivity contribution is 6.30. The van der Waals surface area contributed by atoms with Crippen LogP contribution in [0.4, 0.5) is 5.69 Å². The summed E-state index contributed by atoms with van der Waals surface area (Å²) >= 11 is 5.82. The molecule has 5 heteroatoms. The molecule has 0 aliphatic heterocycles. The molecule has 0 aliphatic carbocycles. The third-order valence-corrected chi connectivity index (χ3v) is 2.90. The van der Waals surface area contributed by atoms with E-state index in [1.165, 1.54) is 0 Å². The van der Waals surface area contributed by atoms with Gasteiger partial charge in [-0.2, -0.15) is 10.4 Å². The van der Waals surface area contributed by atoms with Crippen molar-refractivity contribution in [2.24, 2.45) is 7.05 Å². The quantitative estimate of drug-likeness (QED) is 0.923. The maximum absolute atomic E-state index is 9.25. The van der Waals surface area contributed by atoms with Gasteiger partial charge in [-0.1, -0.05) is 11.6 Å². The van der Waals surface area contributed by atoms with Crippen molar-refractivity contribution < 1.29 is 0 Å². The first kappa shape index (κ1) is 12.5. The highest BCUT2D eigenvalue weighted by Gasteiger charge is 2.15. The average Bonchev–Trinajstić information content (AvgIpc) is 2.68. The summed E-state index contributed by atoms with van der Waals surface area (Å²) in [5, 5.41) is 17.3. The number of nitriles is 1. The summed E-state index contributed by atoms with van der Waals surface area (Å²) in [5.74, 6) is 0. The molecule has 0 saturated carbocycles. The summed E-state index contributed by atoms with van der Waals surface area (Å²) in [6.07, 6.45) is 1.85. The number of anilines is 1. The molecular formula is C13H13ClN4. The van der Waals surface area contributed by atoms with Crippen LogP contribution in [0.3, 0.4) is 0 Å². The van der Waals surface area contributed by atoms with E-state index in [9.17, 15) is 5.26 Å². The number of nitrogens with one attached hydrogen (secondary N) is 1. The van der Waals surface area contributed by atoms with Crippen LogP contribution < -0.4 is 5.32 Å². The zero-order valence-electron chi connectivity index (χ0n) is 10.2. The predicted molar refractivity (Wildman–Crippen MR) is 71.4 cm³/mol. The second kappa shape index (κ2) is 5.11. The number of rotatable bonds is 3. The van der Waals surface area contributed by atoms with Gasteiger partial charge in [0.15, 0.2) is 0 Å². The molecule has 0 bridgehead atoms. The molecule has 1 heterocycles. The lowest BCUT2D eigenvalue weighted by Gasteiger charge is -2.12. The molecule has 1 atom stereocenters. The number of halogens is 1. The third kappa shape index (κ3) is 2.63. The summed E-state index contributed by atoms with van der Waals surface area (Å²) < 4.78 is 1.71. The van der Waals surface area contributed by atoms with Gasteiger partial charge in [-0.25, -0.2) is 0 Å². The Hall–Kier alpha value is -1.99. The van der Waals surface area contributed by atoms with Crippen molar-refractivity contribution in [3.63, 3.8) is 0 Å². The fourth-order valence-corrected chi connectivity index (χ4v) is 1.92. The van der Waals surface area contributed by atoms with Crippen LogP contribution in [0.15, 0.2) is 30.5 Å². The maximum atomic E-state index is 9.25. The molecule has 92 valence electrons. The Morgan fingerprint density at radius 3 is 2.56 bits per heavy atom. The van der Waals surface area contributed by atoms with E-state index in [1.807, 2.05) is 32.3 Å². The van der Waals surface area contributed by atoms with Crippen molar-refractivity contribution in [2.75, 3.05) is 5.32 Å². The second-order valence-corrected chi connectivity index (χ2v) is 4.49. The molecule has 1 aromatic heterocycles. The fraction of sp³-hybridized carbons (Fsp3) is 0.231. The monoisotopic (exact) mass is 260 g/mol. The Bertz CT molecular complexity index is 580. The van der Waals surface area contributed by atoms with Crippen LogP contribution in [-0.2, 0) is 7.05 Å². The van der Waals surface area contributed by atoms with Crippen molar-refractivity contribution in [3.05, 3.63) is 46.7 Å². The molecular weight excluding hydrogens is 248 g/mol. The van der Waals surface area contributed by atoms with Gasteiger partial charge in [-0.3, -0.25) is 4.68 Å². The van der Waals surface area contributed by atoms with Crippen molar-refractivity contribution in [1.82, 2.24) is 9.78 Å². The molecule has 1 unspecified atom stereocenters. The van der Waals surface area contributed by atoms with Gasteiger partial charge in [-0.05, 0) is 31.2 Å². The van der Waals surface area contributed by atoms with Crippen LogP contribution in [0.5, 0.6) is 0 Å². The highest BCUT2D eigenvalue weighted by Crippen LogP contribution is 2.22. The van der Waals surface area contributed by atoms with Gasteiger partial charge in [0.25, 0.3) is 0 Å². The molecule has 2 aromatic rings. The van der Waals surface area contributed by atoms with E-state index in [0.717, 1.165) is 16.9 Å². The summed E-state index contributed by atoms with van der Waals surface area (Å²) in [6, 6.07) is 9.08. The van der Waals surface area contributed by atoms with E-state index in [-0.39, 0.29) is 0 Å². The van der Waals surface area contributed by atoms with Gasteiger partial charge in [-0.15, -0.1) is 0 Å². The SMILES string of the molecule is Cc1nn(C)cc1C(C#N)Nc1ccc(Cl)cc1. The number of aryl methyl sites for hydroxylation is 2. The Morgan fingerprint density at radius 1 is 1.39 bits per heavy atom. The average molecular weight is 261 g/mol. The summed E-state index contributed by atoms with van der Waals surface area (Å²) in [5.41, 5.74) is 2.59. The smallest absolute Gasteiger partial charge is 0.143 e. The molecule has 0 fully saturated rings. The van der Waals surface area contributed by atoms with Crippen LogP contribution in [0, 0.1) is 18.3 Å². The summed E-state index contributed by atoms with van der Waals surface area (Å²) in [6.45, 7) is 1.89. The summed E-state index contributed by atoms with van der Waals surface area (Å²) in [4.78, 5) is 0. The number of hydrogen-bond donors (Lipinski definition) is 1. The molecule has 1 aromatic carbocycles. The van der Waals surface area contributed by atoms with E-state index >= 15 is 0 Å².